The van der Waals surface area contributed by atoms with Crippen molar-refractivity contribution in [3.05, 3.63) is 53.5 Å². The number of furan rings is 1. The molecule has 2 saturated heterocycles. The lowest BCUT2D eigenvalue weighted by Gasteiger charge is -2.37. The number of hydrogen-bond donors (Lipinski definition) is 0. The second-order valence-electron chi connectivity index (χ2n) is 9.81. The first kappa shape index (κ1) is 21.9. The molecule has 2 fully saturated rings. The number of piperazine rings is 1. The molecule has 0 radical (unpaired) electrons. The fourth-order valence-corrected chi connectivity index (χ4v) is 6.49. The summed E-state index contributed by atoms with van der Waals surface area (Å²) in [5.41, 5.74) is 1.88. The van der Waals surface area contributed by atoms with Crippen LogP contribution in [0.4, 0.5) is 5.82 Å². The molecule has 6 nitrogen and oxygen atoms in total. The molecule has 3 aliphatic rings. The molecule has 2 aliphatic heterocycles. The van der Waals surface area contributed by atoms with E-state index in [0.717, 1.165) is 94.2 Å². The zero-order valence-corrected chi connectivity index (χ0v) is 20.4. The third-order valence-corrected chi connectivity index (χ3v) is 8.49. The Morgan fingerprint density at radius 2 is 2.03 bits per heavy atom. The molecule has 0 N–H and O–H groups in total. The van der Waals surface area contributed by atoms with Crippen molar-refractivity contribution >= 4 is 39.4 Å². The molecule has 1 atom stereocenters. The van der Waals surface area contributed by atoms with Crippen LogP contribution in [0.15, 0.2) is 41.0 Å². The van der Waals surface area contributed by atoms with E-state index in [4.69, 9.17) is 8.79 Å². The van der Waals surface area contributed by atoms with E-state index in [0.29, 0.717) is 5.92 Å². The van der Waals surface area contributed by atoms with Crippen LogP contribution < -0.4 is 4.90 Å². The van der Waals surface area contributed by atoms with Crippen molar-refractivity contribution < 1.29 is 9.21 Å². The predicted molar refractivity (Wildman–Crippen MR) is 138 cm³/mol. The molecule has 7 heteroatoms. The minimum atomic E-state index is 0.161. The first-order valence-electron chi connectivity index (χ1n) is 12.6. The van der Waals surface area contributed by atoms with Gasteiger partial charge < -0.3 is 14.2 Å². The van der Waals surface area contributed by atoms with Crippen molar-refractivity contribution in [1.82, 2.24) is 14.2 Å². The largest absolute Gasteiger partial charge is 0.464 e. The lowest BCUT2D eigenvalue weighted by atomic mass is 9.93. The summed E-state index contributed by atoms with van der Waals surface area (Å²) in [5, 5.41) is 1.28. The van der Waals surface area contributed by atoms with Gasteiger partial charge in [-0.05, 0) is 74.3 Å². The Hall–Kier alpha value is -2.64. The number of likely N-dealkylation sites (tertiary alicyclic amines) is 1. The molecular weight excluding hydrogens is 444 g/mol. The number of allylic oxidation sites excluding steroid dienone is 1. The number of nitrogens with zero attached hydrogens (tertiary/aromatic N) is 4. The summed E-state index contributed by atoms with van der Waals surface area (Å²) in [5.74, 6) is 2.77. The SMILES string of the molecule is O=C(c1coc2c1CCC=C2)N1CCC[C@@H](CCN2CCN(c3nsc4ccccc34)CC2)C1. The smallest absolute Gasteiger partial charge is 0.257 e. The monoisotopic (exact) mass is 476 g/mol. The van der Waals surface area contributed by atoms with Gasteiger partial charge in [-0.25, -0.2) is 0 Å². The van der Waals surface area contributed by atoms with Gasteiger partial charge in [-0.1, -0.05) is 18.2 Å². The lowest BCUT2D eigenvalue weighted by Crippen LogP contribution is -2.47. The highest BCUT2D eigenvalue weighted by molar-refractivity contribution is 7.13. The second kappa shape index (κ2) is 9.55. The molecule has 1 amide bonds. The molecule has 1 aliphatic carbocycles. The van der Waals surface area contributed by atoms with Gasteiger partial charge >= 0.3 is 0 Å². The Morgan fingerprint density at radius 1 is 1.15 bits per heavy atom. The van der Waals surface area contributed by atoms with E-state index < -0.39 is 0 Å². The predicted octanol–water partition coefficient (Wildman–Crippen LogP) is 4.91. The van der Waals surface area contributed by atoms with Crippen LogP contribution in [0.2, 0.25) is 0 Å². The van der Waals surface area contributed by atoms with Crippen molar-refractivity contribution in [2.75, 3.05) is 50.7 Å². The summed E-state index contributed by atoms with van der Waals surface area (Å²) >= 11 is 1.60. The number of aromatic nitrogens is 1. The van der Waals surface area contributed by atoms with Gasteiger partial charge in [-0.15, -0.1) is 0 Å². The van der Waals surface area contributed by atoms with Gasteiger partial charge in [0.1, 0.15) is 17.8 Å². The summed E-state index contributed by atoms with van der Waals surface area (Å²) in [6, 6.07) is 8.53. The van der Waals surface area contributed by atoms with Crippen LogP contribution in [0.3, 0.4) is 0 Å². The molecule has 1 aromatic carbocycles. The number of piperidine rings is 1. The van der Waals surface area contributed by atoms with Crippen molar-refractivity contribution in [3.63, 3.8) is 0 Å². The van der Waals surface area contributed by atoms with E-state index in [2.05, 4.69) is 45.0 Å². The van der Waals surface area contributed by atoms with Crippen molar-refractivity contribution in [2.24, 2.45) is 5.92 Å². The number of anilines is 1. The maximum Gasteiger partial charge on any atom is 0.257 e. The second-order valence-corrected chi connectivity index (χ2v) is 10.6. The molecule has 4 heterocycles. The first-order chi connectivity index (χ1) is 16.8. The third kappa shape index (κ3) is 4.27. The Balaban J connectivity index is 1.01. The standard InChI is InChI=1S/C27H32N4O2S/c32-27(23-19-33-24-9-3-1-7-21(23)24)31-12-5-6-20(18-31)11-13-29-14-16-30(17-15-29)26-22-8-2-4-10-25(22)34-28-26/h2-4,8-10,19-20H,1,5-7,11-18H2/t20-/m0/s1. The van der Waals surface area contributed by atoms with Crippen LogP contribution in [0.5, 0.6) is 0 Å². The molecule has 0 spiro atoms. The van der Waals surface area contributed by atoms with E-state index >= 15 is 0 Å². The number of rotatable bonds is 5. The average molecular weight is 477 g/mol. The zero-order valence-electron chi connectivity index (χ0n) is 19.6. The van der Waals surface area contributed by atoms with Crippen molar-refractivity contribution in [1.29, 1.82) is 0 Å². The highest BCUT2D eigenvalue weighted by atomic mass is 32.1. The molecule has 178 valence electrons. The minimum Gasteiger partial charge on any atom is -0.464 e. The highest BCUT2D eigenvalue weighted by Crippen LogP contribution is 2.31. The van der Waals surface area contributed by atoms with Gasteiger partial charge in [0.2, 0.25) is 0 Å². The maximum absolute atomic E-state index is 13.2. The van der Waals surface area contributed by atoms with Crippen LogP contribution in [0, 0.1) is 5.92 Å². The van der Waals surface area contributed by atoms with Crippen molar-refractivity contribution in [2.45, 2.75) is 32.1 Å². The zero-order chi connectivity index (χ0) is 22.9. The summed E-state index contributed by atoms with van der Waals surface area (Å²) in [4.78, 5) is 20.3. The number of carbonyl (C=O) groups is 1. The van der Waals surface area contributed by atoms with E-state index in [9.17, 15) is 4.79 Å². The molecule has 2 aromatic heterocycles. The lowest BCUT2D eigenvalue weighted by molar-refractivity contribution is 0.0657. The summed E-state index contributed by atoms with van der Waals surface area (Å²) in [7, 11) is 0. The normalized spacial score (nSPS) is 21.2. The number of amides is 1. The Labute approximate surface area is 205 Å². The topological polar surface area (TPSA) is 52.8 Å². The van der Waals surface area contributed by atoms with Crippen LogP contribution in [-0.4, -0.2) is 65.9 Å². The molecule has 0 unspecified atom stereocenters. The molecular formula is C27H32N4O2S. The third-order valence-electron chi connectivity index (χ3n) is 7.68. The fourth-order valence-electron chi connectivity index (χ4n) is 5.70. The summed E-state index contributed by atoms with van der Waals surface area (Å²) in [6.07, 6.45) is 11.2. The van der Waals surface area contributed by atoms with Crippen LogP contribution in [-0.2, 0) is 6.42 Å². The summed E-state index contributed by atoms with van der Waals surface area (Å²) in [6.45, 7) is 7.08. The fraction of sp³-hybridized carbons (Fsp3) is 0.481. The number of hydrogen-bond acceptors (Lipinski definition) is 6. The Kier molecular flexibility index (Phi) is 6.14. The molecule has 0 saturated carbocycles. The van der Waals surface area contributed by atoms with E-state index in [-0.39, 0.29) is 5.91 Å². The quantitative estimate of drug-likeness (QED) is 0.524. The number of fused-ring (bicyclic) bond motifs is 2. The Bertz CT molecular complexity index is 1190. The van der Waals surface area contributed by atoms with Gasteiger partial charge in [0.05, 0.1) is 10.3 Å². The van der Waals surface area contributed by atoms with Crippen LogP contribution in [0.1, 0.15) is 47.4 Å². The molecule has 6 rings (SSSR count). The maximum atomic E-state index is 13.2. The van der Waals surface area contributed by atoms with Gasteiger partial charge in [0.15, 0.2) is 0 Å². The number of carbonyl (C=O) groups excluding carboxylic acids is 1. The molecule has 0 bridgehead atoms. The molecule has 3 aromatic rings. The van der Waals surface area contributed by atoms with Crippen LogP contribution >= 0.6 is 11.5 Å². The summed E-state index contributed by atoms with van der Waals surface area (Å²) < 4.78 is 11.7. The first-order valence-corrected chi connectivity index (χ1v) is 13.4. The van der Waals surface area contributed by atoms with Gasteiger partial charge in [0.25, 0.3) is 5.91 Å². The highest BCUT2D eigenvalue weighted by Gasteiger charge is 2.29. The minimum absolute atomic E-state index is 0.161. The van der Waals surface area contributed by atoms with Gasteiger partial charge in [0, 0.05) is 50.2 Å². The van der Waals surface area contributed by atoms with Gasteiger partial charge in [-0.2, -0.15) is 4.37 Å². The number of benzene rings is 1. The van der Waals surface area contributed by atoms with E-state index in [1.807, 2.05) is 6.08 Å². The van der Waals surface area contributed by atoms with E-state index in [1.165, 1.54) is 16.5 Å². The average Bonchev–Trinajstić information content (AvgIpc) is 3.52. The Morgan fingerprint density at radius 3 is 2.94 bits per heavy atom. The van der Waals surface area contributed by atoms with Crippen LogP contribution in [0.25, 0.3) is 16.2 Å². The van der Waals surface area contributed by atoms with Crippen molar-refractivity contribution in [3.8, 4) is 0 Å². The molecule has 34 heavy (non-hydrogen) atoms. The van der Waals surface area contributed by atoms with E-state index in [1.54, 1.807) is 17.8 Å². The van der Waals surface area contributed by atoms with Gasteiger partial charge in [-0.3, -0.25) is 9.69 Å².